The number of likely N-dealkylation sites (tertiary alicyclic amines) is 1. The van der Waals surface area contributed by atoms with E-state index < -0.39 is 0 Å². The van der Waals surface area contributed by atoms with E-state index in [4.69, 9.17) is 22.1 Å². The number of carbonyl (C=O) groups is 1. The summed E-state index contributed by atoms with van der Waals surface area (Å²) < 4.78 is 5.11. The lowest BCUT2D eigenvalue weighted by Gasteiger charge is -2.16. The third-order valence-electron chi connectivity index (χ3n) is 4.47. The molecule has 0 bridgehead atoms. The van der Waals surface area contributed by atoms with Gasteiger partial charge in [-0.15, -0.1) is 0 Å². The van der Waals surface area contributed by atoms with Gasteiger partial charge < -0.3 is 15.8 Å². The van der Waals surface area contributed by atoms with E-state index in [9.17, 15) is 4.79 Å². The van der Waals surface area contributed by atoms with E-state index in [1.807, 2.05) is 18.2 Å². The Bertz CT molecular complexity index is 739. The fourth-order valence-electron chi connectivity index (χ4n) is 3.24. The molecule has 3 rings (SSSR count). The number of nitrogens with two attached hydrogens (primary N) is 1. The van der Waals surface area contributed by atoms with E-state index in [2.05, 4.69) is 22.3 Å². The van der Waals surface area contributed by atoms with Crippen molar-refractivity contribution in [3.63, 3.8) is 0 Å². The zero-order valence-corrected chi connectivity index (χ0v) is 14.9. The molecule has 1 aliphatic heterocycles. The average Bonchev–Trinajstić information content (AvgIpc) is 2.96. The van der Waals surface area contributed by atoms with Crippen molar-refractivity contribution in [2.75, 3.05) is 32.1 Å². The van der Waals surface area contributed by atoms with Crippen LogP contribution in [-0.2, 0) is 4.79 Å². The van der Waals surface area contributed by atoms with Crippen molar-refractivity contribution in [3.05, 3.63) is 59.1 Å². The van der Waals surface area contributed by atoms with Gasteiger partial charge in [-0.3, -0.25) is 9.69 Å². The molecule has 25 heavy (non-hydrogen) atoms. The van der Waals surface area contributed by atoms with Crippen LogP contribution in [0.25, 0.3) is 0 Å². The molecule has 1 fully saturated rings. The Balaban J connectivity index is 1.58. The summed E-state index contributed by atoms with van der Waals surface area (Å²) in [6.45, 7) is 1.79. The first kappa shape index (κ1) is 17.7. The summed E-state index contributed by atoms with van der Waals surface area (Å²) >= 11 is 6.09. The first-order valence-electron chi connectivity index (χ1n) is 8.23. The number of nitrogens with zero attached hydrogens (tertiary/aromatic N) is 1. The minimum absolute atomic E-state index is 0.0330. The number of amides is 1. The van der Waals surface area contributed by atoms with Crippen LogP contribution in [0.5, 0.6) is 5.75 Å². The van der Waals surface area contributed by atoms with Crippen LogP contribution in [0.2, 0.25) is 5.02 Å². The second-order valence-electron chi connectivity index (χ2n) is 6.27. The zero-order valence-electron chi connectivity index (χ0n) is 14.1. The second kappa shape index (κ2) is 7.87. The summed E-state index contributed by atoms with van der Waals surface area (Å²) in [6.07, 6.45) is 0. The molecular formula is C19H22ClN3O2. The molecule has 1 amide bonds. The highest BCUT2D eigenvalue weighted by molar-refractivity contribution is 6.32. The number of benzene rings is 2. The van der Waals surface area contributed by atoms with Crippen LogP contribution < -0.4 is 15.8 Å². The average molecular weight is 360 g/mol. The molecule has 0 radical (unpaired) electrons. The van der Waals surface area contributed by atoms with Gasteiger partial charge in [-0.25, -0.2) is 0 Å². The molecule has 3 N–H and O–H groups in total. The Hall–Kier alpha value is -2.08. The van der Waals surface area contributed by atoms with Gasteiger partial charge in [0, 0.05) is 30.7 Å². The molecule has 2 aromatic carbocycles. The van der Waals surface area contributed by atoms with Crippen molar-refractivity contribution < 1.29 is 9.53 Å². The van der Waals surface area contributed by atoms with Crippen LogP contribution in [0.15, 0.2) is 48.5 Å². The minimum Gasteiger partial charge on any atom is -0.495 e. The van der Waals surface area contributed by atoms with E-state index in [0.29, 0.717) is 29.5 Å². The highest BCUT2D eigenvalue weighted by atomic mass is 35.5. The van der Waals surface area contributed by atoms with Crippen molar-refractivity contribution >= 4 is 23.2 Å². The number of halogens is 1. The first-order chi connectivity index (χ1) is 12.1. The van der Waals surface area contributed by atoms with E-state index in [-0.39, 0.29) is 17.9 Å². The van der Waals surface area contributed by atoms with Crippen LogP contribution in [0.3, 0.4) is 0 Å². The van der Waals surface area contributed by atoms with Gasteiger partial charge in [0.25, 0.3) is 0 Å². The molecule has 1 heterocycles. The number of carbonyl (C=O) groups excluding carboxylic acids is 1. The van der Waals surface area contributed by atoms with Crippen LogP contribution >= 0.6 is 11.6 Å². The van der Waals surface area contributed by atoms with Gasteiger partial charge in [0.05, 0.1) is 18.7 Å². The van der Waals surface area contributed by atoms with Gasteiger partial charge in [0.2, 0.25) is 5.91 Å². The maximum absolute atomic E-state index is 12.3. The summed E-state index contributed by atoms with van der Waals surface area (Å²) in [5.74, 6) is 0.752. The monoisotopic (exact) mass is 359 g/mol. The Morgan fingerprint density at radius 3 is 2.72 bits per heavy atom. The molecule has 2 aromatic rings. The Morgan fingerprint density at radius 2 is 2.04 bits per heavy atom. The highest BCUT2D eigenvalue weighted by Gasteiger charge is 2.31. The lowest BCUT2D eigenvalue weighted by molar-refractivity contribution is -0.117. The number of ether oxygens (including phenoxy) is 1. The largest absolute Gasteiger partial charge is 0.495 e. The maximum Gasteiger partial charge on any atom is 0.238 e. The number of anilines is 1. The summed E-state index contributed by atoms with van der Waals surface area (Å²) in [4.78, 5) is 14.4. The lowest BCUT2D eigenvalue weighted by Crippen LogP contribution is -2.33. The van der Waals surface area contributed by atoms with Gasteiger partial charge in [0.1, 0.15) is 5.75 Å². The molecule has 1 saturated heterocycles. The quantitative estimate of drug-likeness (QED) is 0.861. The Labute approximate surface area is 152 Å². The molecular weight excluding hydrogens is 338 g/mol. The van der Waals surface area contributed by atoms with Crippen molar-refractivity contribution in [3.8, 4) is 5.75 Å². The second-order valence-corrected chi connectivity index (χ2v) is 6.68. The number of rotatable bonds is 5. The predicted molar refractivity (Wildman–Crippen MR) is 100 cm³/mol. The smallest absolute Gasteiger partial charge is 0.238 e. The number of hydrogen-bond acceptors (Lipinski definition) is 4. The molecule has 0 unspecified atom stereocenters. The molecule has 2 atom stereocenters. The zero-order chi connectivity index (χ0) is 17.8. The normalized spacial score (nSPS) is 20.4. The minimum atomic E-state index is -0.0813. The number of nitrogens with one attached hydrogen (secondary N) is 1. The molecule has 0 aromatic heterocycles. The summed E-state index contributed by atoms with van der Waals surface area (Å²) in [6, 6.07) is 15.4. The fraction of sp³-hybridized carbons (Fsp3) is 0.316. The van der Waals surface area contributed by atoms with Crippen LogP contribution in [-0.4, -0.2) is 43.6 Å². The van der Waals surface area contributed by atoms with Gasteiger partial charge in [-0.2, -0.15) is 0 Å². The van der Waals surface area contributed by atoms with Gasteiger partial charge in [-0.05, 0) is 23.8 Å². The first-order valence-corrected chi connectivity index (χ1v) is 8.61. The van der Waals surface area contributed by atoms with E-state index in [1.165, 1.54) is 5.56 Å². The summed E-state index contributed by atoms with van der Waals surface area (Å²) in [5, 5.41) is 3.33. The van der Waals surface area contributed by atoms with Crippen LogP contribution in [0.4, 0.5) is 5.69 Å². The molecule has 0 saturated carbocycles. The van der Waals surface area contributed by atoms with E-state index in [0.717, 1.165) is 6.54 Å². The van der Waals surface area contributed by atoms with Gasteiger partial charge in [0.15, 0.2) is 0 Å². The van der Waals surface area contributed by atoms with E-state index in [1.54, 1.807) is 25.3 Å². The summed E-state index contributed by atoms with van der Waals surface area (Å²) in [5.41, 5.74) is 8.15. The Kier molecular flexibility index (Phi) is 5.58. The van der Waals surface area contributed by atoms with Crippen molar-refractivity contribution in [1.29, 1.82) is 0 Å². The molecule has 6 heteroatoms. The third kappa shape index (κ3) is 4.31. The molecule has 1 aliphatic rings. The topological polar surface area (TPSA) is 67.6 Å². The third-order valence-corrected chi connectivity index (χ3v) is 4.77. The molecule has 0 spiro atoms. The summed E-state index contributed by atoms with van der Waals surface area (Å²) in [7, 11) is 1.55. The SMILES string of the molecule is COc1ccc(NC(=O)CN2C[C@@H](N)[C@H](c3ccccc3)C2)cc1Cl. The van der Waals surface area contributed by atoms with Gasteiger partial charge >= 0.3 is 0 Å². The predicted octanol–water partition coefficient (Wildman–Crippen LogP) is 2.71. The van der Waals surface area contributed by atoms with Crippen molar-refractivity contribution in [2.24, 2.45) is 5.73 Å². The fourth-order valence-corrected chi connectivity index (χ4v) is 3.50. The number of methoxy groups -OCH3 is 1. The lowest BCUT2D eigenvalue weighted by atomic mass is 9.95. The Morgan fingerprint density at radius 1 is 1.28 bits per heavy atom. The van der Waals surface area contributed by atoms with Crippen molar-refractivity contribution in [2.45, 2.75) is 12.0 Å². The van der Waals surface area contributed by atoms with Crippen LogP contribution in [0, 0.1) is 0 Å². The maximum atomic E-state index is 12.3. The number of hydrogen-bond donors (Lipinski definition) is 2. The molecule has 132 valence electrons. The highest BCUT2D eigenvalue weighted by Crippen LogP contribution is 2.28. The van der Waals surface area contributed by atoms with Crippen LogP contribution in [0.1, 0.15) is 11.5 Å². The standard InChI is InChI=1S/C19H22ClN3O2/c1-25-18-8-7-14(9-16(18)20)22-19(24)12-23-10-15(17(21)11-23)13-5-3-2-4-6-13/h2-9,15,17H,10-12,21H2,1H3,(H,22,24)/t15-,17+/m0/s1. The van der Waals surface area contributed by atoms with Gasteiger partial charge in [-0.1, -0.05) is 41.9 Å². The molecule has 0 aliphatic carbocycles. The molecule has 5 nitrogen and oxygen atoms in total. The van der Waals surface area contributed by atoms with E-state index >= 15 is 0 Å². The van der Waals surface area contributed by atoms with Crippen molar-refractivity contribution in [1.82, 2.24) is 4.90 Å².